The Labute approximate surface area is 183 Å². The fourth-order valence-corrected chi connectivity index (χ4v) is 2.32. The average Bonchev–Trinajstić information content (AvgIpc) is 3.13. The number of amides is 1. The molecule has 0 aliphatic heterocycles. The second-order valence-corrected chi connectivity index (χ2v) is 6.70. The number of hydrogen-bond acceptors (Lipinski definition) is 5. The highest BCUT2D eigenvalue weighted by atomic mass is 127. The minimum Gasteiger partial charge on any atom is -0.356 e. The normalized spacial score (nSPS) is 11.1. The lowest BCUT2D eigenvalue weighted by molar-refractivity contribution is 0.0827. The van der Waals surface area contributed by atoms with Gasteiger partial charge in [0.2, 0.25) is 5.89 Å². The monoisotopic (exact) mass is 500 g/mol. The fourth-order valence-electron chi connectivity index (χ4n) is 2.32. The molecule has 1 aromatic heterocycles. The van der Waals surface area contributed by atoms with E-state index in [-0.39, 0.29) is 35.8 Å². The van der Waals surface area contributed by atoms with Crippen molar-refractivity contribution in [3.63, 3.8) is 0 Å². The summed E-state index contributed by atoms with van der Waals surface area (Å²) in [6.07, 6.45) is 0.627. The molecule has 0 radical (unpaired) electrons. The lowest BCUT2D eigenvalue weighted by Crippen LogP contribution is -2.37. The van der Waals surface area contributed by atoms with E-state index in [1.54, 1.807) is 26.0 Å². The zero-order chi connectivity index (χ0) is 19.8. The number of nitrogens with one attached hydrogen (secondary N) is 2. The highest BCUT2D eigenvalue weighted by molar-refractivity contribution is 14.0. The Kier molecular flexibility index (Phi) is 9.91. The molecule has 154 valence electrons. The van der Waals surface area contributed by atoms with E-state index < -0.39 is 0 Å². The van der Waals surface area contributed by atoms with Gasteiger partial charge in [-0.15, -0.1) is 24.0 Å². The Morgan fingerprint density at radius 1 is 1.21 bits per heavy atom. The molecule has 1 heterocycles. The molecule has 0 saturated heterocycles. The van der Waals surface area contributed by atoms with E-state index in [4.69, 9.17) is 4.52 Å². The standard InChI is InChI=1S/C19H28N6O2.HI/c1-13(2)17-23-16(27-24-17)10-11-21-19(20-3)22-12-14-6-8-15(9-7-14)18(26)25(4)5;/h6-9,13H,10-12H2,1-5H3,(H2,20,21,22);1H. The number of aromatic nitrogens is 2. The van der Waals surface area contributed by atoms with Crippen molar-refractivity contribution in [3.8, 4) is 0 Å². The van der Waals surface area contributed by atoms with Crippen LogP contribution in [0.3, 0.4) is 0 Å². The summed E-state index contributed by atoms with van der Waals surface area (Å²) < 4.78 is 5.23. The van der Waals surface area contributed by atoms with Crippen LogP contribution in [0.5, 0.6) is 0 Å². The summed E-state index contributed by atoms with van der Waals surface area (Å²) in [7, 11) is 5.20. The SMILES string of the molecule is CN=C(NCCc1nc(C(C)C)no1)NCc1ccc(C(=O)N(C)C)cc1.I. The molecule has 0 spiro atoms. The highest BCUT2D eigenvalue weighted by Crippen LogP contribution is 2.09. The van der Waals surface area contributed by atoms with Gasteiger partial charge in [-0.05, 0) is 17.7 Å². The van der Waals surface area contributed by atoms with Crippen LogP contribution in [-0.4, -0.2) is 54.6 Å². The second-order valence-electron chi connectivity index (χ2n) is 6.70. The van der Waals surface area contributed by atoms with Crippen LogP contribution in [-0.2, 0) is 13.0 Å². The first-order valence-electron chi connectivity index (χ1n) is 8.98. The number of carbonyl (C=O) groups excluding carboxylic acids is 1. The van der Waals surface area contributed by atoms with Crippen molar-refractivity contribution in [2.45, 2.75) is 32.7 Å². The average molecular weight is 500 g/mol. The Balaban J connectivity index is 0.00000392. The zero-order valence-electron chi connectivity index (χ0n) is 17.0. The molecule has 8 nitrogen and oxygen atoms in total. The number of carbonyl (C=O) groups is 1. The smallest absolute Gasteiger partial charge is 0.253 e. The summed E-state index contributed by atoms with van der Waals surface area (Å²) >= 11 is 0. The Morgan fingerprint density at radius 2 is 1.89 bits per heavy atom. The Morgan fingerprint density at radius 3 is 2.43 bits per heavy atom. The second kappa shape index (κ2) is 11.6. The number of guanidine groups is 1. The van der Waals surface area contributed by atoms with E-state index in [1.165, 1.54) is 0 Å². The van der Waals surface area contributed by atoms with Crippen molar-refractivity contribution in [3.05, 3.63) is 47.1 Å². The minimum atomic E-state index is -0.00589. The molecule has 0 bridgehead atoms. The van der Waals surface area contributed by atoms with Gasteiger partial charge in [0.05, 0.1) is 0 Å². The molecule has 0 aliphatic carbocycles. The van der Waals surface area contributed by atoms with Crippen LogP contribution in [0.2, 0.25) is 0 Å². The molecule has 9 heteroatoms. The van der Waals surface area contributed by atoms with Crippen molar-refractivity contribution < 1.29 is 9.32 Å². The molecular formula is C19H29IN6O2. The van der Waals surface area contributed by atoms with Crippen LogP contribution in [0.4, 0.5) is 0 Å². The number of halogens is 1. The van der Waals surface area contributed by atoms with Gasteiger partial charge >= 0.3 is 0 Å². The molecule has 1 amide bonds. The van der Waals surface area contributed by atoms with E-state index in [2.05, 4.69) is 25.8 Å². The van der Waals surface area contributed by atoms with Gasteiger partial charge in [0.25, 0.3) is 5.91 Å². The number of aliphatic imine (C=N–C) groups is 1. The van der Waals surface area contributed by atoms with E-state index >= 15 is 0 Å². The number of nitrogens with zero attached hydrogens (tertiary/aromatic N) is 4. The van der Waals surface area contributed by atoms with Crippen molar-refractivity contribution >= 4 is 35.8 Å². The van der Waals surface area contributed by atoms with E-state index in [0.29, 0.717) is 36.9 Å². The van der Waals surface area contributed by atoms with Gasteiger partial charge in [0.15, 0.2) is 11.8 Å². The maximum atomic E-state index is 11.9. The van der Waals surface area contributed by atoms with Crippen LogP contribution >= 0.6 is 24.0 Å². The van der Waals surface area contributed by atoms with Crippen molar-refractivity contribution in [2.24, 2.45) is 4.99 Å². The summed E-state index contributed by atoms with van der Waals surface area (Å²) in [6.45, 7) is 5.30. The highest BCUT2D eigenvalue weighted by Gasteiger charge is 2.10. The molecule has 0 unspecified atom stereocenters. The Bertz CT molecular complexity index is 771. The maximum Gasteiger partial charge on any atom is 0.253 e. The summed E-state index contributed by atoms with van der Waals surface area (Å²) in [4.78, 5) is 22.0. The zero-order valence-corrected chi connectivity index (χ0v) is 19.4. The van der Waals surface area contributed by atoms with Crippen LogP contribution in [0.1, 0.15) is 47.4 Å². The summed E-state index contributed by atoms with van der Waals surface area (Å²) in [6, 6.07) is 7.53. The molecule has 0 fully saturated rings. The summed E-state index contributed by atoms with van der Waals surface area (Å²) in [5.74, 6) is 2.27. The van der Waals surface area contributed by atoms with Gasteiger partial charge in [-0.25, -0.2) is 0 Å². The van der Waals surface area contributed by atoms with Gasteiger partial charge in [0, 0.05) is 52.1 Å². The minimum absolute atomic E-state index is 0. The first-order valence-corrected chi connectivity index (χ1v) is 8.98. The lowest BCUT2D eigenvalue weighted by Gasteiger charge is -2.12. The predicted octanol–water partition coefficient (Wildman–Crippen LogP) is 2.42. The molecule has 0 atom stereocenters. The van der Waals surface area contributed by atoms with Crippen LogP contribution in [0, 0.1) is 0 Å². The molecule has 0 aliphatic rings. The molecule has 1 aromatic carbocycles. The number of benzene rings is 1. The maximum absolute atomic E-state index is 11.9. The van der Waals surface area contributed by atoms with Gasteiger partial charge in [-0.2, -0.15) is 4.98 Å². The van der Waals surface area contributed by atoms with E-state index in [1.807, 2.05) is 38.1 Å². The summed E-state index contributed by atoms with van der Waals surface area (Å²) in [5, 5.41) is 10.4. The van der Waals surface area contributed by atoms with Crippen LogP contribution in [0.15, 0.2) is 33.8 Å². The quantitative estimate of drug-likeness (QED) is 0.345. The largest absolute Gasteiger partial charge is 0.356 e. The van der Waals surface area contributed by atoms with Gasteiger partial charge < -0.3 is 20.1 Å². The van der Waals surface area contributed by atoms with Crippen molar-refractivity contribution in [2.75, 3.05) is 27.7 Å². The molecule has 2 N–H and O–H groups in total. The fraction of sp³-hybridized carbons (Fsp3) is 0.474. The number of rotatable bonds is 7. The van der Waals surface area contributed by atoms with Crippen LogP contribution < -0.4 is 10.6 Å². The molecule has 2 rings (SSSR count). The molecule has 2 aromatic rings. The third-order valence-electron chi connectivity index (χ3n) is 3.92. The van der Waals surface area contributed by atoms with Gasteiger partial charge in [0.1, 0.15) is 0 Å². The predicted molar refractivity (Wildman–Crippen MR) is 120 cm³/mol. The van der Waals surface area contributed by atoms with Crippen molar-refractivity contribution in [1.82, 2.24) is 25.7 Å². The molecule has 0 saturated carbocycles. The van der Waals surface area contributed by atoms with Crippen molar-refractivity contribution in [1.29, 1.82) is 0 Å². The molecular weight excluding hydrogens is 471 g/mol. The first-order chi connectivity index (χ1) is 12.9. The number of hydrogen-bond donors (Lipinski definition) is 2. The third-order valence-corrected chi connectivity index (χ3v) is 3.92. The van der Waals surface area contributed by atoms with Gasteiger partial charge in [-0.3, -0.25) is 9.79 Å². The van der Waals surface area contributed by atoms with E-state index in [9.17, 15) is 4.79 Å². The topological polar surface area (TPSA) is 95.6 Å². The molecule has 28 heavy (non-hydrogen) atoms. The van der Waals surface area contributed by atoms with Gasteiger partial charge in [-0.1, -0.05) is 31.1 Å². The first kappa shape index (κ1) is 23.9. The summed E-state index contributed by atoms with van der Waals surface area (Å²) in [5.41, 5.74) is 1.73. The lowest BCUT2D eigenvalue weighted by atomic mass is 10.1. The third kappa shape index (κ3) is 7.10. The Hall–Kier alpha value is -2.17. The van der Waals surface area contributed by atoms with Crippen LogP contribution in [0.25, 0.3) is 0 Å². The van der Waals surface area contributed by atoms with E-state index in [0.717, 1.165) is 11.4 Å².